The Balaban J connectivity index is 1.89. The number of allylic oxidation sites excluding steroid dienone is 2. The summed E-state index contributed by atoms with van der Waals surface area (Å²) in [7, 11) is 0. The van der Waals surface area contributed by atoms with Crippen LogP contribution in [0.2, 0.25) is 5.02 Å². The molecule has 1 unspecified atom stereocenters. The van der Waals surface area contributed by atoms with Gasteiger partial charge in [0.1, 0.15) is 5.75 Å². The van der Waals surface area contributed by atoms with Crippen molar-refractivity contribution in [3.8, 4) is 5.75 Å². The standard InChI is InChI=1S/C23H22ClNO3/c1-23(2)12-19-22(20(27)13-23)18(14-6-8-17(26)9-7-14)11-21(28)25(19)16-5-3-4-15(24)10-16/h3-10,18,26H,11-13H2,1-2H3. The van der Waals surface area contributed by atoms with Crippen LogP contribution in [0.3, 0.4) is 0 Å². The number of Topliss-reactive ketones (excluding diaryl/α,β-unsaturated/α-hetero) is 1. The molecule has 2 aromatic rings. The van der Waals surface area contributed by atoms with Crippen LogP contribution in [0, 0.1) is 5.41 Å². The lowest BCUT2D eigenvalue weighted by atomic mass is 9.69. The number of ketones is 1. The average Bonchev–Trinajstić information content (AvgIpc) is 2.60. The van der Waals surface area contributed by atoms with E-state index in [-0.39, 0.29) is 35.2 Å². The predicted molar refractivity (Wildman–Crippen MR) is 109 cm³/mol. The molecular weight excluding hydrogens is 374 g/mol. The summed E-state index contributed by atoms with van der Waals surface area (Å²) >= 11 is 6.17. The monoisotopic (exact) mass is 395 g/mol. The summed E-state index contributed by atoms with van der Waals surface area (Å²) in [5, 5.41) is 10.2. The van der Waals surface area contributed by atoms with Gasteiger partial charge < -0.3 is 5.11 Å². The molecule has 0 fully saturated rings. The summed E-state index contributed by atoms with van der Waals surface area (Å²) in [4.78, 5) is 28.1. The number of amides is 1. The van der Waals surface area contributed by atoms with Gasteiger partial charge in [-0.15, -0.1) is 0 Å². The molecule has 4 rings (SSSR count). The van der Waals surface area contributed by atoms with Gasteiger partial charge in [-0.1, -0.05) is 43.6 Å². The van der Waals surface area contributed by atoms with Crippen LogP contribution in [0.1, 0.15) is 44.6 Å². The lowest BCUT2D eigenvalue weighted by molar-refractivity contribution is -0.121. The first-order valence-electron chi connectivity index (χ1n) is 9.39. The molecule has 0 aromatic heterocycles. The highest BCUT2D eigenvalue weighted by Gasteiger charge is 2.44. The molecule has 2 aliphatic rings. The second-order valence-corrected chi connectivity index (χ2v) is 8.80. The number of hydrogen-bond acceptors (Lipinski definition) is 3. The van der Waals surface area contributed by atoms with Crippen molar-refractivity contribution in [1.82, 2.24) is 0 Å². The second-order valence-electron chi connectivity index (χ2n) is 8.36. The first kappa shape index (κ1) is 18.8. The Labute approximate surface area is 169 Å². The third-order valence-electron chi connectivity index (χ3n) is 5.50. The topological polar surface area (TPSA) is 57.6 Å². The highest BCUT2D eigenvalue weighted by Crippen LogP contribution is 2.48. The van der Waals surface area contributed by atoms with Crippen LogP contribution in [-0.4, -0.2) is 16.8 Å². The third kappa shape index (κ3) is 3.33. The summed E-state index contributed by atoms with van der Waals surface area (Å²) in [5.41, 5.74) is 2.84. The van der Waals surface area contributed by atoms with Crippen molar-refractivity contribution in [3.05, 3.63) is 70.4 Å². The summed E-state index contributed by atoms with van der Waals surface area (Å²) in [6, 6.07) is 14.0. The van der Waals surface area contributed by atoms with Crippen molar-refractivity contribution in [2.75, 3.05) is 4.90 Å². The molecule has 2 aromatic carbocycles. The SMILES string of the molecule is CC1(C)CC(=O)C2=C(C1)N(c1cccc(Cl)c1)C(=O)CC2c1ccc(O)cc1. The molecule has 1 aliphatic carbocycles. The Morgan fingerprint density at radius 2 is 1.79 bits per heavy atom. The molecule has 1 atom stereocenters. The number of rotatable bonds is 2. The Hall–Kier alpha value is -2.59. The Morgan fingerprint density at radius 3 is 2.46 bits per heavy atom. The fourth-order valence-electron chi connectivity index (χ4n) is 4.32. The Bertz CT molecular complexity index is 991. The first-order chi connectivity index (χ1) is 13.2. The zero-order valence-electron chi connectivity index (χ0n) is 15.9. The number of phenolic OH excluding ortho intramolecular Hbond substituents is 1. The van der Waals surface area contributed by atoms with Crippen molar-refractivity contribution in [2.24, 2.45) is 5.41 Å². The normalized spacial score (nSPS) is 21.7. The van der Waals surface area contributed by atoms with E-state index in [1.54, 1.807) is 41.3 Å². The van der Waals surface area contributed by atoms with Crippen molar-refractivity contribution in [2.45, 2.75) is 39.0 Å². The zero-order valence-corrected chi connectivity index (χ0v) is 16.7. The van der Waals surface area contributed by atoms with E-state index < -0.39 is 0 Å². The molecule has 28 heavy (non-hydrogen) atoms. The van der Waals surface area contributed by atoms with Crippen LogP contribution in [0.5, 0.6) is 5.75 Å². The number of aromatic hydroxyl groups is 1. The van der Waals surface area contributed by atoms with E-state index in [1.165, 1.54) is 0 Å². The van der Waals surface area contributed by atoms with Crippen LogP contribution in [0.15, 0.2) is 59.8 Å². The van der Waals surface area contributed by atoms with E-state index in [9.17, 15) is 14.7 Å². The molecule has 0 bridgehead atoms. The molecule has 0 saturated carbocycles. The van der Waals surface area contributed by atoms with Gasteiger partial charge in [0.15, 0.2) is 5.78 Å². The van der Waals surface area contributed by atoms with E-state index in [0.717, 1.165) is 11.3 Å². The number of anilines is 1. The highest BCUT2D eigenvalue weighted by molar-refractivity contribution is 6.31. The Morgan fingerprint density at radius 1 is 1.07 bits per heavy atom. The molecule has 1 heterocycles. The number of phenols is 1. The van der Waals surface area contributed by atoms with Gasteiger partial charge in [0.05, 0.1) is 5.69 Å². The van der Waals surface area contributed by atoms with Gasteiger partial charge in [0.2, 0.25) is 5.91 Å². The van der Waals surface area contributed by atoms with Gasteiger partial charge >= 0.3 is 0 Å². The quantitative estimate of drug-likeness (QED) is 0.759. The second kappa shape index (κ2) is 6.78. The van der Waals surface area contributed by atoms with Gasteiger partial charge in [-0.05, 0) is 47.7 Å². The first-order valence-corrected chi connectivity index (χ1v) is 9.77. The number of benzene rings is 2. The minimum absolute atomic E-state index is 0.0513. The highest BCUT2D eigenvalue weighted by atomic mass is 35.5. The van der Waals surface area contributed by atoms with E-state index in [4.69, 9.17) is 11.6 Å². The maximum Gasteiger partial charge on any atom is 0.232 e. The number of hydrogen-bond donors (Lipinski definition) is 1. The van der Waals surface area contributed by atoms with Crippen LogP contribution in [0.4, 0.5) is 5.69 Å². The maximum absolute atomic E-state index is 13.2. The zero-order chi connectivity index (χ0) is 20.1. The lowest BCUT2D eigenvalue weighted by Crippen LogP contribution is -2.43. The van der Waals surface area contributed by atoms with Gasteiger partial charge in [-0.25, -0.2) is 0 Å². The van der Waals surface area contributed by atoms with Gasteiger partial charge in [-0.2, -0.15) is 0 Å². The van der Waals surface area contributed by atoms with Crippen LogP contribution in [-0.2, 0) is 9.59 Å². The molecule has 0 radical (unpaired) electrons. The molecule has 144 valence electrons. The summed E-state index contributed by atoms with van der Waals surface area (Å²) in [6.07, 6.45) is 1.31. The molecule has 0 spiro atoms. The summed E-state index contributed by atoms with van der Waals surface area (Å²) in [6.45, 7) is 4.11. The van der Waals surface area contributed by atoms with Gasteiger partial charge in [0.25, 0.3) is 0 Å². The number of halogens is 1. The van der Waals surface area contributed by atoms with E-state index in [1.807, 2.05) is 12.1 Å². The average molecular weight is 396 g/mol. The van der Waals surface area contributed by atoms with E-state index >= 15 is 0 Å². The summed E-state index contributed by atoms with van der Waals surface area (Å²) < 4.78 is 0. The van der Waals surface area contributed by atoms with Gasteiger partial charge in [0, 0.05) is 35.1 Å². The molecule has 0 saturated heterocycles. The fourth-order valence-corrected chi connectivity index (χ4v) is 4.51. The van der Waals surface area contributed by atoms with Crippen molar-refractivity contribution >= 4 is 29.0 Å². The smallest absolute Gasteiger partial charge is 0.232 e. The number of nitrogens with zero attached hydrogens (tertiary/aromatic N) is 1. The minimum atomic E-state index is -0.290. The van der Waals surface area contributed by atoms with E-state index in [2.05, 4.69) is 13.8 Å². The van der Waals surface area contributed by atoms with Crippen LogP contribution in [0.25, 0.3) is 0 Å². The van der Waals surface area contributed by atoms with Crippen molar-refractivity contribution in [1.29, 1.82) is 0 Å². The molecule has 1 amide bonds. The molecular formula is C23H22ClNO3. The van der Waals surface area contributed by atoms with Crippen molar-refractivity contribution < 1.29 is 14.7 Å². The number of carbonyl (C=O) groups is 2. The predicted octanol–water partition coefficient (Wildman–Crippen LogP) is 5.21. The van der Waals surface area contributed by atoms with Crippen molar-refractivity contribution in [3.63, 3.8) is 0 Å². The Kier molecular flexibility index (Phi) is 4.54. The maximum atomic E-state index is 13.2. The fraction of sp³-hybridized carbons (Fsp3) is 0.304. The van der Waals surface area contributed by atoms with Crippen LogP contribution >= 0.6 is 11.6 Å². The molecule has 5 heteroatoms. The van der Waals surface area contributed by atoms with Gasteiger partial charge in [-0.3, -0.25) is 14.5 Å². The lowest BCUT2D eigenvalue weighted by Gasteiger charge is -2.43. The molecule has 4 nitrogen and oxygen atoms in total. The molecule has 1 aliphatic heterocycles. The third-order valence-corrected chi connectivity index (χ3v) is 5.74. The molecule has 1 N–H and O–H groups in total. The minimum Gasteiger partial charge on any atom is -0.508 e. The summed E-state index contributed by atoms with van der Waals surface area (Å²) in [5.74, 6) is -0.0904. The number of carbonyl (C=O) groups excluding carboxylic acids is 2. The van der Waals surface area contributed by atoms with E-state index in [0.29, 0.717) is 29.1 Å². The largest absolute Gasteiger partial charge is 0.508 e. The van der Waals surface area contributed by atoms with Crippen LogP contribution < -0.4 is 4.90 Å².